The van der Waals surface area contributed by atoms with Gasteiger partial charge in [0.15, 0.2) is 0 Å². The van der Waals surface area contributed by atoms with Gasteiger partial charge in [0.05, 0.1) is 26.8 Å². The molecular formula is C26H30ClN7O2S. The summed E-state index contributed by atoms with van der Waals surface area (Å²) < 4.78 is 0. The van der Waals surface area contributed by atoms with Crippen molar-refractivity contribution in [1.29, 1.82) is 0 Å². The number of hydrogen-bond acceptors (Lipinski definition) is 8. The number of nitrogens with zero attached hydrogens (tertiary/aromatic N) is 3. The highest BCUT2D eigenvalue weighted by Crippen LogP contribution is 2.34. The van der Waals surface area contributed by atoms with Gasteiger partial charge in [-0.3, -0.25) is 9.59 Å². The summed E-state index contributed by atoms with van der Waals surface area (Å²) in [5.74, 6) is 0.157. The zero-order valence-electron chi connectivity index (χ0n) is 21.0. The molecule has 3 aromatic rings. The second-order valence-corrected chi connectivity index (χ2v) is 10.5. The molecule has 0 radical (unpaired) electrons. The number of carbonyl (C=O) groups excluding carboxylic acids is 2. The number of hydrogen-bond donors (Lipinski definition) is 4. The fourth-order valence-corrected chi connectivity index (χ4v) is 5.38. The molecule has 1 aromatic carbocycles. The Morgan fingerprint density at radius 3 is 2.59 bits per heavy atom. The number of benzene rings is 1. The SMILES string of the molecule is CNC/C=C/C(=O)Nc1ccc(C(=O)N[C@@H]2CC[C@H](Nc3ncc(Cl)c(-c4sc(C)nc4C)n3)C2)cc1. The van der Waals surface area contributed by atoms with Crippen LogP contribution in [0.4, 0.5) is 11.6 Å². The summed E-state index contributed by atoms with van der Waals surface area (Å²) in [6, 6.07) is 7.04. The summed E-state index contributed by atoms with van der Waals surface area (Å²) in [7, 11) is 1.81. The predicted octanol–water partition coefficient (Wildman–Crippen LogP) is 4.35. The molecule has 2 atom stereocenters. The Labute approximate surface area is 225 Å². The zero-order valence-corrected chi connectivity index (χ0v) is 22.5. The van der Waals surface area contributed by atoms with Crippen LogP contribution < -0.4 is 21.3 Å². The molecule has 2 aromatic heterocycles. The van der Waals surface area contributed by atoms with E-state index in [0.29, 0.717) is 34.5 Å². The van der Waals surface area contributed by atoms with Crippen LogP contribution in [0.3, 0.4) is 0 Å². The van der Waals surface area contributed by atoms with Gasteiger partial charge in [-0.25, -0.2) is 15.0 Å². The molecule has 0 bridgehead atoms. The third kappa shape index (κ3) is 7.12. The van der Waals surface area contributed by atoms with Crippen LogP contribution in [0.1, 0.15) is 40.3 Å². The molecule has 9 nitrogen and oxygen atoms in total. The van der Waals surface area contributed by atoms with E-state index in [1.807, 2.05) is 20.9 Å². The smallest absolute Gasteiger partial charge is 0.251 e. The number of carbonyl (C=O) groups is 2. The van der Waals surface area contributed by atoms with Gasteiger partial charge in [-0.15, -0.1) is 11.3 Å². The molecule has 2 heterocycles. The molecule has 0 aliphatic heterocycles. The van der Waals surface area contributed by atoms with E-state index in [0.717, 1.165) is 34.8 Å². The number of anilines is 2. The second kappa shape index (κ2) is 12.3. The zero-order chi connectivity index (χ0) is 26.4. The highest BCUT2D eigenvalue weighted by Gasteiger charge is 2.27. The Balaban J connectivity index is 1.30. The van der Waals surface area contributed by atoms with Gasteiger partial charge in [0, 0.05) is 36.0 Å². The van der Waals surface area contributed by atoms with Crippen molar-refractivity contribution in [1.82, 2.24) is 25.6 Å². The topological polar surface area (TPSA) is 121 Å². The van der Waals surface area contributed by atoms with Crippen LogP contribution in [0.25, 0.3) is 10.6 Å². The van der Waals surface area contributed by atoms with E-state index >= 15 is 0 Å². The van der Waals surface area contributed by atoms with Crippen molar-refractivity contribution in [3.63, 3.8) is 0 Å². The number of rotatable bonds is 9. The van der Waals surface area contributed by atoms with Gasteiger partial charge in [-0.1, -0.05) is 17.7 Å². The number of aryl methyl sites for hydroxylation is 2. The van der Waals surface area contributed by atoms with E-state index < -0.39 is 0 Å². The fraction of sp³-hybridized carbons (Fsp3) is 0.346. The van der Waals surface area contributed by atoms with Crippen LogP contribution in [0.2, 0.25) is 5.02 Å². The van der Waals surface area contributed by atoms with Gasteiger partial charge in [0.1, 0.15) is 5.69 Å². The lowest BCUT2D eigenvalue weighted by molar-refractivity contribution is -0.111. The Kier molecular flexibility index (Phi) is 8.86. The van der Waals surface area contributed by atoms with Crippen LogP contribution in [0, 0.1) is 13.8 Å². The number of likely N-dealkylation sites (N-methyl/N-ethyl adjacent to an activating group) is 1. The first-order chi connectivity index (χ1) is 17.8. The van der Waals surface area contributed by atoms with Gasteiger partial charge < -0.3 is 21.3 Å². The first-order valence-corrected chi connectivity index (χ1v) is 13.3. The van der Waals surface area contributed by atoms with Crippen LogP contribution in [-0.4, -0.2) is 52.4 Å². The Bertz CT molecular complexity index is 1290. The molecule has 1 fully saturated rings. The molecule has 0 saturated heterocycles. The molecule has 194 valence electrons. The second-order valence-electron chi connectivity index (χ2n) is 8.89. The molecule has 4 N–H and O–H groups in total. The molecule has 1 aliphatic rings. The van der Waals surface area contributed by atoms with Gasteiger partial charge in [-0.05, 0) is 64.4 Å². The lowest BCUT2D eigenvalue weighted by Crippen LogP contribution is -2.34. The van der Waals surface area contributed by atoms with Crippen LogP contribution in [0.15, 0.2) is 42.6 Å². The highest BCUT2D eigenvalue weighted by atomic mass is 35.5. The molecule has 4 rings (SSSR count). The van der Waals surface area contributed by atoms with Gasteiger partial charge >= 0.3 is 0 Å². The molecular weight excluding hydrogens is 510 g/mol. The Morgan fingerprint density at radius 1 is 1.14 bits per heavy atom. The molecule has 1 aliphatic carbocycles. The number of thiazole rings is 1. The predicted molar refractivity (Wildman–Crippen MR) is 148 cm³/mol. The minimum atomic E-state index is -0.217. The maximum absolute atomic E-state index is 12.8. The van der Waals surface area contributed by atoms with Crippen molar-refractivity contribution in [2.45, 2.75) is 45.2 Å². The number of nitrogens with one attached hydrogen (secondary N) is 4. The number of halogens is 1. The summed E-state index contributed by atoms with van der Waals surface area (Å²) in [6.45, 7) is 4.52. The van der Waals surface area contributed by atoms with E-state index in [1.165, 1.54) is 6.08 Å². The fourth-order valence-electron chi connectivity index (χ4n) is 4.21. The minimum Gasteiger partial charge on any atom is -0.351 e. The first kappa shape index (κ1) is 26.7. The van der Waals surface area contributed by atoms with Gasteiger partial charge in [0.2, 0.25) is 11.9 Å². The van der Waals surface area contributed by atoms with Crippen molar-refractivity contribution in [2.24, 2.45) is 0 Å². The van der Waals surface area contributed by atoms with E-state index in [4.69, 9.17) is 11.6 Å². The maximum Gasteiger partial charge on any atom is 0.251 e. The van der Waals surface area contributed by atoms with Crippen LogP contribution in [-0.2, 0) is 4.79 Å². The number of amides is 2. The summed E-state index contributed by atoms with van der Waals surface area (Å²) >= 11 is 7.94. The molecule has 37 heavy (non-hydrogen) atoms. The molecule has 0 unspecified atom stereocenters. The average Bonchev–Trinajstić information content (AvgIpc) is 3.45. The Hall–Kier alpha value is -3.34. The number of aromatic nitrogens is 3. The molecule has 0 spiro atoms. The standard InChI is InChI=1S/C26H30ClN7O2S/c1-15-24(37-16(2)30-15)23-21(27)14-29-26(34-23)33-20-11-10-19(13-20)32-25(36)17-6-8-18(9-7-17)31-22(35)5-4-12-28-3/h4-9,14,19-20,28H,10-13H2,1-3H3,(H,31,35)(H,32,36)(H,29,33,34)/b5-4+/t19-,20+/m1/s1. The monoisotopic (exact) mass is 539 g/mol. The van der Waals surface area contributed by atoms with E-state index in [1.54, 1.807) is 47.9 Å². The van der Waals surface area contributed by atoms with Crippen LogP contribution >= 0.6 is 22.9 Å². The molecule has 2 amide bonds. The van der Waals surface area contributed by atoms with Crippen LogP contribution in [0.5, 0.6) is 0 Å². The normalized spacial score (nSPS) is 17.2. The van der Waals surface area contributed by atoms with E-state index in [-0.39, 0.29) is 23.9 Å². The maximum atomic E-state index is 12.8. The summed E-state index contributed by atoms with van der Waals surface area (Å²) in [6.07, 6.45) is 7.32. The van der Waals surface area contributed by atoms with Crippen molar-refractivity contribution in [2.75, 3.05) is 24.2 Å². The van der Waals surface area contributed by atoms with Crippen molar-refractivity contribution in [3.05, 3.63) is 63.9 Å². The van der Waals surface area contributed by atoms with E-state index in [9.17, 15) is 9.59 Å². The molecule has 1 saturated carbocycles. The van der Waals surface area contributed by atoms with Gasteiger partial charge in [-0.2, -0.15) is 0 Å². The minimum absolute atomic E-state index is 0.0415. The first-order valence-electron chi connectivity index (χ1n) is 12.1. The highest BCUT2D eigenvalue weighted by molar-refractivity contribution is 7.15. The largest absolute Gasteiger partial charge is 0.351 e. The summed E-state index contributed by atoms with van der Waals surface area (Å²) in [5.41, 5.74) is 2.75. The lowest BCUT2D eigenvalue weighted by Gasteiger charge is -2.15. The van der Waals surface area contributed by atoms with Gasteiger partial charge in [0.25, 0.3) is 5.91 Å². The summed E-state index contributed by atoms with van der Waals surface area (Å²) in [4.78, 5) is 39.1. The lowest BCUT2D eigenvalue weighted by atomic mass is 10.1. The van der Waals surface area contributed by atoms with Crippen molar-refractivity contribution >= 4 is 46.4 Å². The van der Waals surface area contributed by atoms with Crippen molar-refractivity contribution in [3.8, 4) is 10.6 Å². The van der Waals surface area contributed by atoms with E-state index in [2.05, 4.69) is 36.2 Å². The Morgan fingerprint density at radius 2 is 1.89 bits per heavy atom. The van der Waals surface area contributed by atoms with Crippen molar-refractivity contribution < 1.29 is 9.59 Å². The molecule has 11 heteroatoms. The quantitative estimate of drug-likeness (QED) is 0.298. The average molecular weight is 540 g/mol. The third-order valence-corrected chi connectivity index (χ3v) is 7.33. The summed E-state index contributed by atoms with van der Waals surface area (Å²) in [5, 5.41) is 13.7. The third-order valence-electron chi connectivity index (χ3n) is 5.97.